The number of hydrogen-bond donors (Lipinski definition) is 1. The number of aliphatic hydroxyl groups is 1. The number of ether oxygens (including phenoxy) is 1. The van der Waals surface area contributed by atoms with E-state index in [1.807, 2.05) is 12.1 Å². The van der Waals surface area contributed by atoms with E-state index in [4.69, 9.17) is 21.4 Å². The molecule has 0 fully saturated rings. The standard InChI is InChI=1S/C8H7ClI2O2/c9-5-3-6(10)8(7(11)4-5)13-2-1-12/h3-4,12H,1-2H2. The van der Waals surface area contributed by atoms with Gasteiger partial charge in [0.1, 0.15) is 12.4 Å². The molecule has 5 heteroatoms. The van der Waals surface area contributed by atoms with Crippen molar-refractivity contribution in [3.05, 3.63) is 24.3 Å². The number of benzene rings is 1. The fourth-order valence-corrected chi connectivity index (χ4v) is 3.48. The van der Waals surface area contributed by atoms with Crippen LogP contribution >= 0.6 is 56.8 Å². The van der Waals surface area contributed by atoms with Crippen LogP contribution in [-0.4, -0.2) is 18.3 Å². The highest BCUT2D eigenvalue weighted by molar-refractivity contribution is 14.1. The molecular weight excluding hydrogens is 417 g/mol. The molecule has 0 aliphatic carbocycles. The Kier molecular flexibility index (Phi) is 5.06. The fourth-order valence-electron chi connectivity index (χ4n) is 0.815. The summed E-state index contributed by atoms with van der Waals surface area (Å²) in [6.45, 7) is 0.336. The van der Waals surface area contributed by atoms with Gasteiger partial charge in [-0.05, 0) is 57.3 Å². The molecule has 13 heavy (non-hydrogen) atoms. The Balaban J connectivity index is 2.92. The first-order valence-corrected chi connectivity index (χ1v) is 6.07. The van der Waals surface area contributed by atoms with E-state index in [0.717, 1.165) is 12.9 Å². The third kappa shape index (κ3) is 3.41. The van der Waals surface area contributed by atoms with E-state index in [9.17, 15) is 0 Å². The first kappa shape index (κ1) is 11.8. The van der Waals surface area contributed by atoms with Gasteiger partial charge in [0.15, 0.2) is 0 Å². The molecule has 0 saturated heterocycles. The highest BCUT2D eigenvalue weighted by Gasteiger charge is 2.07. The molecule has 0 radical (unpaired) electrons. The highest BCUT2D eigenvalue weighted by atomic mass is 127. The summed E-state index contributed by atoms with van der Waals surface area (Å²) >= 11 is 10.2. The van der Waals surface area contributed by atoms with Gasteiger partial charge in [-0.25, -0.2) is 0 Å². The summed E-state index contributed by atoms with van der Waals surface area (Å²) in [5.41, 5.74) is 0. The minimum absolute atomic E-state index is 0.0226. The molecule has 0 amide bonds. The smallest absolute Gasteiger partial charge is 0.146 e. The topological polar surface area (TPSA) is 29.5 Å². The molecule has 0 heterocycles. The van der Waals surface area contributed by atoms with Crippen LogP contribution in [-0.2, 0) is 0 Å². The maximum atomic E-state index is 8.61. The Morgan fingerprint density at radius 1 is 1.31 bits per heavy atom. The summed E-state index contributed by atoms with van der Waals surface area (Å²) in [4.78, 5) is 0. The van der Waals surface area contributed by atoms with Crippen molar-refractivity contribution in [2.75, 3.05) is 13.2 Å². The molecular formula is C8H7ClI2O2. The van der Waals surface area contributed by atoms with Gasteiger partial charge in [-0.3, -0.25) is 0 Å². The molecule has 0 aliphatic rings. The molecule has 72 valence electrons. The Morgan fingerprint density at radius 2 is 1.85 bits per heavy atom. The molecule has 2 nitrogen and oxygen atoms in total. The molecule has 0 unspecified atom stereocenters. The normalized spacial score (nSPS) is 10.2. The number of aliphatic hydroxyl groups excluding tert-OH is 1. The maximum Gasteiger partial charge on any atom is 0.146 e. The number of rotatable bonds is 3. The fraction of sp³-hybridized carbons (Fsp3) is 0.250. The second-order valence-corrected chi connectivity index (χ2v) is 5.03. The third-order valence-electron chi connectivity index (χ3n) is 1.30. The predicted octanol–water partition coefficient (Wildman–Crippen LogP) is 2.92. The van der Waals surface area contributed by atoms with E-state index in [2.05, 4.69) is 45.2 Å². The van der Waals surface area contributed by atoms with Gasteiger partial charge < -0.3 is 9.84 Å². The van der Waals surface area contributed by atoms with Crippen LogP contribution in [0, 0.1) is 7.14 Å². The second-order valence-electron chi connectivity index (χ2n) is 2.27. The van der Waals surface area contributed by atoms with E-state index in [1.165, 1.54) is 0 Å². The van der Waals surface area contributed by atoms with E-state index in [0.29, 0.717) is 11.6 Å². The molecule has 0 aromatic heterocycles. The third-order valence-corrected chi connectivity index (χ3v) is 3.12. The Bertz CT molecular complexity index is 281. The Hall–Kier alpha value is 0.730. The monoisotopic (exact) mass is 424 g/mol. The number of halogens is 3. The summed E-state index contributed by atoms with van der Waals surface area (Å²) in [6.07, 6.45) is 0. The lowest BCUT2D eigenvalue weighted by molar-refractivity contribution is 0.199. The van der Waals surface area contributed by atoms with Gasteiger partial charge in [0.25, 0.3) is 0 Å². The summed E-state index contributed by atoms with van der Waals surface area (Å²) in [7, 11) is 0. The zero-order valence-electron chi connectivity index (χ0n) is 6.56. The predicted molar refractivity (Wildman–Crippen MR) is 69.5 cm³/mol. The highest BCUT2D eigenvalue weighted by Crippen LogP contribution is 2.30. The van der Waals surface area contributed by atoms with Crippen LogP contribution in [0.5, 0.6) is 5.75 Å². The van der Waals surface area contributed by atoms with Gasteiger partial charge in [-0.1, -0.05) is 11.6 Å². The van der Waals surface area contributed by atoms with Crippen molar-refractivity contribution < 1.29 is 9.84 Å². The van der Waals surface area contributed by atoms with Gasteiger partial charge >= 0.3 is 0 Å². The van der Waals surface area contributed by atoms with Crippen LogP contribution in [0.25, 0.3) is 0 Å². The molecule has 0 bridgehead atoms. The lowest BCUT2D eigenvalue weighted by Gasteiger charge is -2.09. The number of hydrogen-bond acceptors (Lipinski definition) is 2. The summed E-state index contributed by atoms with van der Waals surface area (Å²) in [5.74, 6) is 0.791. The lowest BCUT2D eigenvalue weighted by atomic mass is 10.3. The average Bonchev–Trinajstić information content (AvgIpc) is 2.02. The Morgan fingerprint density at radius 3 is 2.31 bits per heavy atom. The summed E-state index contributed by atoms with van der Waals surface area (Å²) < 4.78 is 7.27. The van der Waals surface area contributed by atoms with Gasteiger partial charge in [0.2, 0.25) is 0 Å². The largest absolute Gasteiger partial charge is 0.489 e. The SMILES string of the molecule is OCCOc1c(I)cc(Cl)cc1I. The summed E-state index contributed by atoms with van der Waals surface area (Å²) in [5, 5.41) is 9.31. The molecule has 1 aromatic rings. The zero-order chi connectivity index (χ0) is 9.84. The minimum Gasteiger partial charge on any atom is -0.489 e. The van der Waals surface area contributed by atoms with E-state index < -0.39 is 0 Å². The molecule has 1 rings (SSSR count). The average molecular weight is 424 g/mol. The first-order chi connectivity index (χ1) is 6.15. The molecule has 0 saturated carbocycles. The van der Waals surface area contributed by atoms with Crippen LogP contribution in [0.3, 0.4) is 0 Å². The second kappa shape index (κ2) is 5.57. The summed E-state index contributed by atoms with van der Waals surface area (Å²) in [6, 6.07) is 3.66. The van der Waals surface area contributed by atoms with Crippen LogP contribution < -0.4 is 4.74 Å². The van der Waals surface area contributed by atoms with E-state index >= 15 is 0 Å². The van der Waals surface area contributed by atoms with Crippen molar-refractivity contribution >= 4 is 56.8 Å². The van der Waals surface area contributed by atoms with E-state index in [1.54, 1.807) is 0 Å². The van der Waals surface area contributed by atoms with Crippen molar-refractivity contribution in [1.29, 1.82) is 0 Å². The molecule has 0 aliphatic heterocycles. The van der Waals surface area contributed by atoms with Crippen molar-refractivity contribution in [1.82, 2.24) is 0 Å². The van der Waals surface area contributed by atoms with Crippen molar-refractivity contribution in [2.24, 2.45) is 0 Å². The van der Waals surface area contributed by atoms with Crippen molar-refractivity contribution in [2.45, 2.75) is 0 Å². The van der Waals surface area contributed by atoms with Crippen LogP contribution in [0.1, 0.15) is 0 Å². The van der Waals surface area contributed by atoms with Gasteiger partial charge in [0, 0.05) is 5.02 Å². The molecule has 0 spiro atoms. The van der Waals surface area contributed by atoms with Gasteiger partial charge in [-0.2, -0.15) is 0 Å². The minimum atomic E-state index is 0.0226. The van der Waals surface area contributed by atoms with Gasteiger partial charge in [-0.15, -0.1) is 0 Å². The van der Waals surface area contributed by atoms with Gasteiger partial charge in [0.05, 0.1) is 13.7 Å². The molecule has 1 N–H and O–H groups in total. The quantitative estimate of drug-likeness (QED) is 0.757. The van der Waals surface area contributed by atoms with Crippen LogP contribution in [0.15, 0.2) is 12.1 Å². The molecule has 1 aromatic carbocycles. The lowest BCUT2D eigenvalue weighted by Crippen LogP contribution is -2.04. The Labute approximate surface area is 109 Å². The first-order valence-electron chi connectivity index (χ1n) is 3.53. The van der Waals surface area contributed by atoms with Crippen molar-refractivity contribution in [3.63, 3.8) is 0 Å². The van der Waals surface area contributed by atoms with E-state index in [-0.39, 0.29) is 6.61 Å². The van der Waals surface area contributed by atoms with Crippen molar-refractivity contribution in [3.8, 4) is 5.75 Å². The van der Waals surface area contributed by atoms with Crippen LogP contribution in [0.4, 0.5) is 0 Å². The maximum absolute atomic E-state index is 8.61. The molecule has 0 atom stereocenters. The zero-order valence-corrected chi connectivity index (χ0v) is 11.6. The van der Waals surface area contributed by atoms with Crippen LogP contribution in [0.2, 0.25) is 5.02 Å².